The predicted molar refractivity (Wildman–Crippen MR) is 90.4 cm³/mol. The highest BCUT2D eigenvalue weighted by molar-refractivity contribution is 7.87. The van der Waals surface area contributed by atoms with Crippen molar-refractivity contribution < 1.29 is 8.42 Å². The molecule has 22 heavy (non-hydrogen) atoms. The largest absolute Gasteiger partial charge is 0.301 e. The lowest BCUT2D eigenvalue weighted by Gasteiger charge is -2.33. The van der Waals surface area contributed by atoms with Crippen molar-refractivity contribution in [3.8, 4) is 0 Å². The van der Waals surface area contributed by atoms with E-state index in [4.69, 9.17) is 11.6 Å². The minimum absolute atomic E-state index is 0.431. The Morgan fingerprint density at radius 1 is 1.18 bits per heavy atom. The van der Waals surface area contributed by atoms with Crippen molar-refractivity contribution in [3.05, 3.63) is 34.9 Å². The maximum Gasteiger partial charge on any atom is 0.279 e. The molecule has 0 amide bonds. The van der Waals surface area contributed by atoms with Crippen molar-refractivity contribution in [2.45, 2.75) is 19.8 Å². The molecule has 1 aliphatic heterocycles. The lowest BCUT2D eigenvalue weighted by Crippen LogP contribution is -2.52. The number of hydrogen-bond donors (Lipinski definition) is 1. The summed E-state index contributed by atoms with van der Waals surface area (Å²) in [5, 5.41) is 0.823. The maximum atomic E-state index is 11.9. The number of benzene rings is 1. The summed E-state index contributed by atoms with van der Waals surface area (Å²) in [5.41, 5.74) is 1.18. The number of halogens is 1. The van der Waals surface area contributed by atoms with Crippen LogP contribution in [0.15, 0.2) is 24.3 Å². The van der Waals surface area contributed by atoms with Gasteiger partial charge >= 0.3 is 0 Å². The van der Waals surface area contributed by atoms with Gasteiger partial charge in [0.25, 0.3) is 10.2 Å². The molecule has 0 unspecified atom stereocenters. The van der Waals surface area contributed by atoms with Crippen molar-refractivity contribution in [2.75, 3.05) is 39.3 Å². The molecule has 0 saturated carbocycles. The van der Waals surface area contributed by atoms with Gasteiger partial charge in [0.15, 0.2) is 0 Å². The van der Waals surface area contributed by atoms with E-state index in [0.717, 1.165) is 37.5 Å². The summed E-state index contributed by atoms with van der Waals surface area (Å²) in [6.07, 6.45) is 1.99. The monoisotopic (exact) mass is 345 g/mol. The van der Waals surface area contributed by atoms with Crippen molar-refractivity contribution in [1.29, 1.82) is 0 Å². The van der Waals surface area contributed by atoms with Gasteiger partial charge in [-0.3, -0.25) is 0 Å². The topological polar surface area (TPSA) is 52.7 Å². The highest BCUT2D eigenvalue weighted by Crippen LogP contribution is 2.17. The average molecular weight is 346 g/mol. The summed E-state index contributed by atoms with van der Waals surface area (Å²) in [4.78, 5) is 2.31. The molecule has 0 aromatic heterocycles. The summed E-state index contributed by atoms with van der Waals surface area (Å²) >= 11 is 6.15. The molecular formula is C15H24ClN3O2S. The van der Waals surface area contributed by atoms with Gasteiger partial charge in [-0.1, -0.05) is 36.7 Å². The maximum absolute atomic E-state index is 11.9. The van der Waals surface area contributed by atoms with E-state index >= 15 is 0 Å². The molecule has 7 heteroatoms. The molecule has 2 rings (SSSR count). The van der Waals surface area contributed by atoms with Crippen LogP contribution in [-0.2, 0) is 16.6 Å². The summed E-state index contributed by atoms with van der Waals surface area (Å²) in [5.74, 6) is 0. The van der Waals surface area contributed by atoms with Gasteiger partial charge in [-0.25, -0.2) is 4.72 Å². The van der Waals surface area contributed by atoms with Gasteiger partial charge in [0, 0.05) is 37.7 Å². The van der Waals surface area contributed by atoms with E-state index in [1.165, 1.54) is 9.87 Å². The van der Waals surface area contributed by atoms with Gasteiger partial charge in [0.2, 0.25) is 0 Å². The standard InChI is InChI=1S/C15H24ClN3O2S/c1-2-17-22(20,21)19-12-10-18(11-13-19)9-5-7-14-6-3-4-8-15(14)16/h3-4,6,8,17H,2,5,7,9-13H2,1H3. The molecule has 1 aromatic carbocycles. The van der Waals surface area contributed by atoms with E-state index in [1.54, 1.807) is 6.92 Å². The fraction of sp³-hybridized carbons (Fsp3) is 0.600. The predicted octanol–water partition coefficient (Wildman–Crippen LogP) is 1.74. The minimum Gasteiger partial charge on any atom is -0.301 e. The summed E-state index contributed by atoms with van der Waals surface area (Å²) in [7, 11) is -3.29. The van der Waals surface area contributed by atoms with E-state index < -0.39 is 10.2 Å². The molecule has 1 heterocycles. The van der Waals surface area contributed by atoms with E-state index in [0.29, 0.717) is 19.6 Å². The van der Waals surface area contributed by atoms with Crippen molar-refractivity contribution in [1.82, 2.24) is 13.9 Å². The van der Waals surface area contributed by atoms with Gasteiger partial charge in [0.1, 0.15) is 0 Å². The second kappa shape index (κ2) is 8.26. The van der Waals surface area contributed by atoms with E-state index in [2.05, 4.69) is 15.7 Å². The van der Waals surface area contributed by atoms with Crippen LogP contribution in [0, 0.1) is 0 Å². The number of rotatable bonds is 7. The van der Waals surface area contributed by atoms with Gasteiger partial charge in [-0.15, -0.1) is 0 Å². The zero-order valence-corrected chi connectivity index (χ0v) is 14.5. The lowest BCUT2D eigenvalue weighted by atomic mass is 10.1. The number of aryl methyl sites for hydroxylation is 1. The zero-order valence-electron chi connectivity index (χ0n) is 13.0. The molecule has 0 bridgehead atoms. The van der Waals surface area contributed by atoms with Crippen molar-refractivity contribution >= 4 is 21.8 Å². The van der Waals surface area contributed by atoms with Gasteiger partial charge in [-0.2, -0.15) is 12.7 Å². The van der Waals surface area contributed by atoms with Crippen LogP contribution in [0.5, 0.6) is 0 Å². The Hall–Kier alpha value is -0.660. The molecule has 0 atom stereocenters. The smallest absolute Gasteiger partial charge is 0.279 e. The summed E-state index contributed by atoms with van der Waals surface area (Å²) < 4.78 is 27.9. The third-order valence-corrected chi connectivity index (χ3v) is 5.94. The van der Waals surface area contributed by atoms with Crippen LogP contribution < -0.4 is 4.72 Å². The second-order valence-electron chi connectivity index (χ2n) is 5.44. The van der Waals surface area contributed by atoms with Crippen LogP contribution in [-0.4, -0.2) is 56.9 Å². The minimum atomic E-state index is -3.29. The van der Waals surface area contributed by atoms with Gasteiger partial charge in [-0.05, 0) is 31.0 Å². The number of nitrogens with one attached hydrogen (secondary N) is 1. The molecule has 1 aliphatic rings. The molecule has 124 valence electrons. The van der Waals surface area contributed by atoms with Crippen molar-refractivity contribution in [2.24, 2.45) is 0 Å². The van der Waals surface area contributed by atoms with Crippen molar-refractivity contribution in [3.63, 3.8) is 0 Å². The first-order chi connectivity index (χ1) is 10.5. The van der Waals surface area contributed by atoms with Crippen LogP contribution >= 0.6 is 11.6 Å². The third-order valence-electron chi connectivity index (χ3n) is 3.88. The van der Waals surface area contributed by atoms with Crippen LogP contribution in [0.2, 0.25) is 5.02 Å². The first kappa shape index (κ1) is 17.7. The van der Waals surface area contributed by atoms with E-state index in [-0.39, 0.29) is 0 Å². The highest BCUT2D eigenvalue weighted by Gasteiger charge is 2.25. The van der Waals surface area contributed by atoms with Gasteiger partial charge in [0.05, 0.1) is 0 Å². The molecule has 0 aliphatic carbocycles. The lowest BCUT2D eigenvalue weighted by molar-refractivity contribution is 0.186. The average Bonchev–Trinajstić information content (AvgIpc) is 2.50. The molecular weight excluding hydrogens is 322 g/mol. The Labute approximate surface area is 138 Å². The van der Waals surface area contributed by atoms with Crippen LogP contribution in [0.1, 0.15) is 18.9 Å². The SMILES string of the molecule is CCNS(=O)(=O)N1CCN(CCCc2ccccc2Cl)CC1. The molecule has 1 fully saturated rings. The molecule has 1 N–H and O–H groups in total. The zero-order chi connectivity index (χ0) is 16.0. The Bertz CT molecular complexity index is 572. The third kappa shape index (κ3) is 4.93. The van der Waals surface area contributed by atoms with E-state index in [1.807, 2.05) is 18.2 Å². The molecule has 0 spiro atoms. The number of nitrogens with zero attached hydrogens (tertiary/aromatic N) is 2. The molecule has 1 aromatic rings. The molecule has 5 nitrogen and oxygen atoms in total. The Balaban J connectivity index is 1.73. The Morgan fingerprint density at radius 2 is 1.86 bits per heavy atom. The molecule has 0 radical (unpaired) electrons. The number of hydrogen-bond acceptors (Lipinski definition) is 3. The van der Waals surface area contributed by atoms with Crippen LogP contribution in [0.3, 0.4) is 0 Å². The molecule has 1 saturated heterocycles. The Morgan fingerprint density at radius 3 is 2.50 bits per heavy atom. The quantitative estimate of drug-likeness (QED) is 0.819. The fourth-order valence-corrected chi connectivity index (χ4v) is 4.08. The number of piperazine rings is 1. The summed E-state index contributed by atoms with van der Waals surface area (Å²) in [6, 6.07) is 7.92. The normalized spacial score (nSPS) is 17.7. The van der Waals surface area contributed by atoms with Crippen LogP contribution in [0.4, 0.5) is 0 Å². The Kier molecular flexibility index (Phi) is 6.65. The first-order valence-corrected chi connectivity index (χ1v) is 9.55. The van der Waals surface area contributed by atoms with Gasteiger partial charge < -0.3 is 4.90 Å². The van der Waals surface area contributed by atoms with E-state index in [9.17, 15) is 8.42 Å². The second-order valence-corrected chi connectivity index (χ2v) is 7.60. The highest BCUT2D eigenvalue weighted by atomic mass is 35.5. The summed E-state index contributed by atoms with van der Waals surface area (Å²) in [6.45, 7) is 5.88. The fourth-order valence-electron chi connectivity index (χ4n) is 2.66. The van der Waals surface area contributed by atoms with Crippen LogP contribution in [0.25, 0.3) is 0 Å². The first-order valence-electron chi connectivity index (χ1n) is 7.73.